The van der Waals surface area contributed by atoms with E-state index in [4.69, 9.17) is 11.6 Å². The van der Waals surface area contributed by atoms with Gasteiger partial charge in [0.15, 0.2) is 0 Å². The van der Waals surface area contributed by atoms with Gasteiger partial charge < -0.3 is 10.6 Å². The Morgan fingerprint density at radius 3 is 2.41 bits per heavy atom. The average Bonchev–Trinajstić information content (AvgIpc) is 2.65. The number of nitrogens with zero attached hydrogens (tertiary/aromatic N) is 1. The van der Waals surface area contributed by atoms with E-state index in [1.165, 1.54) is 18.7 Å². The van der Waals surface area contributed by atoms with E-state index in [1.54, 1.807) is 36.5 Å². The van der Waals surface area contributed by atoms with Crippen LogP contribution in [-0.4, -0.2) is 16.8 Å². The molecule has 136 valence electrons. The second kappa shape index (κ2) is 8.70. The minimum atomic E-state index is -0.293. The first kappa shape index (κ1) is 18.9. The number of carbonyl (C=O) groups is 2. The number of nitrogens with one attached hydrogen (secondary N) is 2. The summed E-state index contributed by atoms with van der Waals surface area (Å²) in [4.78, 5) is 29.1. The first-order chi connectivity index (χ1) is 13.0. The molecular weight excluding hydrogens is 382 g/mol. The highest BCUT2D eigenvalue weighted by Gasteiger charge is 2.11. The molecule has 1 aromatic heterocycles. The van der Waals surface area contributed by atoms with Gasteiger partial charge >= 0.3 is 0 Å². The number of carbonyl (C=O) groups excluding carboxylic acids is 2. The Morgan fingerprint density at radius 2 is 1.74 bits per heavy atom. The van der Waals surface area contributed by atoms with Crippen LogP contribution >= 0.6 is 23.4 Å². The van der Waals surface area contributed by atoms with Crippen LogP contribution in [0.3, 0.4) is 0 Å². The van der Waals surface area contributed by atoms with E-state index < -0.39 is 0 Å². The predicted octanol–water partition coefficient (Wildman–Crippen LogP) is 5.10. The van der Waals surface area contributed by atoms with Gasteiger partial charge in [0.1, 0.15) is 5.03 Å². The van der Waals surface area contributed by atoms with E-state index in [0.717, 1.165) is 9.92 Å². The van der Waals surface area contributed by atoms with Gasteiger partial charge in [-0.2, -0.15) is 0 Å². The Hall–Kier alpha value is -2.83. The number of rotatable bonds is 5. The van der Waals surface area contributed by atoms with Crippen LogP contribution in [0, 0.1) is 0 Å². The zero-order valence-electron chi connectivity index (χ0n) is 14.4. The third-order valence-electron chi connectivity index (χ3n) is 3.52. The lowest BCUT2D eigenvalue weighted by atomic mass is 10.2. The van der Waals surface area contributed by atoms with Crippen molar-refractivity contribution in [1.29, 1.82) is 0 Å². The van der Waals surface area contributed by atoms with Gasteiger partial charge in [-0.1, -0.05) is 29.4 Å². The van der Waals surface area contributed by atoms with Crippen LogP contribution in [0.1, 0.15) is 17.3 Å². The highest BCUT2D eigenvalue weighted by atomic mass is 35.5. The van der Waals surface area contributed by atoms with Crippen molar-refractivity contribution >= 4 is 46.6 Å². The zero-order chi connectivity index (χ0) is 19.2. The van der Waals surface area contributed by atoms with Gasteiger partial charge in [-0.25, -0.2) is 4.98 Å². The third kappa shape index (κ3) is 5.32. The van der Waals surface area contributed by atoms with Gasteiger partial charge in [0, 0.05) is 28.6 Å². The Balaban J connectivity index is 1.73. The molecule has 0 bridgehead atoms. The highest BCUT2D eigenvalue weighted by Crippen LogP contribution is 2.28. The van der Waals surface area contributed by atoms with Crippen LogP contribution in [0.15, 0.2) is 76.8 Å². The lowest BCUT2D eigenvalue weighted by Crippen LogP contribution is -2.15. The molecule has 2 amide bonds. The van der Waals surface area contributed by atoms with Crippen molar-refractivity contribution in [3.8, 4) is 0 Å². The maximum atomic E-state index is 12.5. The van der Waals surface area contributed by atoms with E-state index >= 15 is 0 Å². The largest absolute Gasteiger partial charge is 0.325 e. The average molecular weight is 398 g/mol. The summed E-state index contributed by atoms with van der Waals surface area (Å²) in [5.74, 6) is -0.526. The second-order valence-corrected chi connectivity index (χ2v) is 7.15. The Bertz CT molecular complexity index is 963. The summed E-state index contributed by atoms with van der Waals surface area (Å²) in [6, 6.07) is 17.8. The fourth-order valence-electron chi connectivity index (χ4n) is 2.32. The van der Waals surface area contributed by atoms with Crippen LogP contribution in [0.2, 0.25) is 5.02 Å². The number of hydrogen-bond donors (Lipinski definition) is 2. The quantitative estimate of drug-likeness (QED) is 0.628. The molecular formula is C20H16ClN3O2S. The first-order valence-corrected chi connectivity index (χ1v) is 9.28. The first-order valence-electron chi connectivity index (χ1n) is 8.09. The molecule has 7 heteroatoms. The Kier molecular flexibility index (Phi) is 6.11. The van der Waals surface area contributed by atoms with Crippen molar-refractivity contribution in [3.63, 3.8) is 0 Å². The van der Waals surface area contributed by atoms with Gasteiger partial charge in [0.05, 0.1) is 11.4 Å². The molecule has 5 nitrogen and oxygen atoms in total. The van der Waals surface area contributed by atoms with Crippen molar-refractivity contribution in [2.45, 2.75) is 16.8 Å². The maximum Gasteiger partial charge on any atom is 0.255 e. The number of aromatic nitrogens is 1. The van der Waals surface area contributed by atoms with Gasteiger partial charge in [-0.3, -0.25) is 9.59 Å². The molecule has 0 atom stereocenters. The van der Waals surface area contributed by atoms with E-state index in [2.05, 4.69) is 15.6 Å². The molecule has 0 aliphatic carbocycles. The fraction of sp³-hybridized carbons (Fsp3) is 0.0500. The third-order valence-corrected chi connectivity index (χ3v) is 4.71. The summed E-state index contributed by atoms with van der Waals surface area (Å²) in [5, 5.41) is 6.80. The fourth-order valence-corrected chi connectivity index (χ4v) is 3.26. The molecule has 0 saturated carbocycles. The van der Waals surface area contributed by atoms with Gasteiger partial charge in [-0.05, 0) is 54.6 Å². The molecule has 0 fully saturated rings. The predicted molar refractivity (Wildman–Crippen MR) is 109 cm³/mol. The standard InChI is InChI=1S/C20H16ClN3O2S/c1-13(25)23-17-10-7-15(21)12-18(17)24-20(26)14-5-8-16(9-6-14)27-19-4-2-3-11-22-19/h2-12H,1H3,(H,23,25)(H,24,26). The minimum absolute atomic E-state index is 0.233. The van der Waals surface area contributed by atoms with Crippen LogP contribution in [0.5, 0.6) is 0 Å². The van der Waals surface area contributed by atoms with E-state index in [9.17, 15) is 9.59 Å². The van der Waals surface area contributed by atoms with E-state index in [1.807, 2.05) is 30.3 Å². The van der Waals surface area contributed by atoms with Crippen molar-refractivity contribution < 1.29 is 9.59 Å². The summed E-state index contributed by atoms with van der Waals surface area (Å²) >= 11 is 7.52. The lowest BCUT2D eigenvalue weighted by Gasteiger charge is -2.12. The molecule has 27 heavy (non-hydrogen) atoms. The van der Waals surface area contributed by atoms with Crippen molar-refractivity contribution in [1.82, 2.24) is 4.98 Å². The second-order valence-electron chi connectivity index (χ2n) is 5.62. The Morgan fingerprint density at radius 1 is 0.963 bits per heavy atom. The molecule has 3 rings (SSSR count). The molecule has 0 saturated heterocycles. The smallest absolute Gasteiger partial charge is 0.255 e. The van der Waals surface area contributed by atoms with Crippen LogP contribution < -0.4 is 10.6 Å². The van der Waals surface area contributed by atoms with Gasteiger partial charge in [-0.15, -0.1) is 0 Å². The summed E-state index contributed by atoms with van der Waals surface area (Å²) in [6.07, 6.45) is 1.74. The zero-order valence-corrected chi connectivity index (χ0v) is 16.0. The number of benzene rings is 2. The Labute approximate surface area is 166 Å². The molecule has 2 aromatic carbocycles. The number of amides is 2. The molecule has 0 spiro atoms. The molecule has 1 heterocycles. The molecule has 0 aliphatic heterocycles. The topological polar surface area (TPSA) is 71.1 Å². The number of pyridine rings is 1. The molecule has 2 N–H and O–H groups in total. The normalized spacial score (nSPS) is 10.3. The summed E-state index contributed by atoms with van der Waals surface area (Å²) < 4.78 is 0. The molecule has 0 unspecified atom stereocenters. The van der Waals surface area contributed by atoms with Gasteiger partial charge in [0.25, 0.3) is 5.91 Å². The molecule has 3 aromatic rings. The number of halogens is 1. The maximum absolute atomic E-state index is 12.5. The van der Waals surface area contributed by atoms with Crippen LogP contribution in [0.4, 0.5) is 11.4 Å². The number of anilines is 2. The summed E-state index contributed by atoms with van der Waals surface area (Å²) in [5.41, 5.74) is 1.42. The monoisotopic (exact) mass is 397 g/mol. The van der Waals surface area contributed by atoms with E-state index in [-0.39, 0.29) is 11.8 Å². The molecule has 0 aliphatic rings. The van der Waals surface area contributed by atoms with Crippen molar-refractivity contribution in [3.05, 3.63) is 77.4 Å². The lowest BCUT2D eigenvalue weighted by molar-refractivity contribution is -0.114. The van der Waals surface area contributed by atoms with Crippen LogP contribution in [0.25, 0.3) is 0 Å². The highest BCUT2D eigenvalue weighted by molar-refractivity contribution is 7.99. The summed E-state index contributed by atoms with van der Waals surface area (Å²) in [7, 11) is 0. The number of hydrogen-bond acceptors (Lipinski definition) is 4. The van der Waals surface area contributed by atoms with Crippen molar-refractivity contribution in [2.75, 3.05) is 10.6 Å². The SMILES string of the molecule is CC(=O)Nc1ccc(Cl)cc1NC(=O)c1ccc(Sc2ccccn2)cc1. The van der Waals surface area contributed by atoms with Crippen molar-refractivity contribution in [2.24, 2.45) is 0 Å². The minimum Gasteiger partial charge on any atom is -0.325 e. The summed E-state index contributed by atoms with van der Waals surface area (Å²) in [6.45, 7) is 1.40. The van der Waals surface area contributed by atoms with E-state index in [0.29, 0.717) is 22.0 Å². The van der Waals surface area contributed by atoms with Crippen LogP contribution in [-0.2, 0) is 4.79 Å². The molecule has 0 radical (unpaired) electrons. The van der Waals surface area contributed by atoms with Gasteiger partial charge in [0.2, 0.25) is 5.91 Å².